The number of fused-ring (bicyclic) bond motifs is 3. The van der Waals surface area contributed by atoms with E-state index >= 15 is 0 Å². The van der Waals surface area contributed by atoms with E-state index in [0.29, 0.717) is 0 Å². The van der Waals surface area contributed by atoms with Crippen LogP contribution in [-0.4, -0.2) is 9.55 Å². The number of pyridine rings is 1. The number of rotatable bonds is 2. The van der Waals surface area contributed by atoms with Gasteiger partial charge in [-0.1, -0.05) is 42.5 Å². The highest BCUT2D eigenvalue weighted by molar-refractivity contribution is 6.10. The van der Waals surface area contributed by atoms with Gasteiger partial charge in [-0.05, 0) is 61.4 Å². The molecule has 27 heavy (non-hydrogen) atoms. The van der Waals surface area contributed by atoms with Gasteiger partial charge in [0.05, 0.1) is 16.7 Å². The normalized spacial score (nSPS) is 11.3. The van der Waals surface area contributed by atoms with E-state index in [0.717, 1.165) is 5.69 Å². The number of hydrogen-bond donors (Lipinski definition) is 0. The van der Waals surface area contributed by atoms with Crippen LogP contribution in [0.1, 0.15) is 11.1 Å². The van der Waals surface area contributed by atoms with Gasteiger partial charge in [0.2, 0.25) is 0 Å². The zero-order valence-electron chi connectivity index (χ0n) is 15.5. The van der Waals surface area contributed by atoms with Gasteiger partial charge in [0.1, 0.15) is 0 Å². The Kier molecular flexibility index (Phi) is 3.58. The number of aromatic nitrogens is 2. The van der Waals surface area contributed by atoms with Crippen LogP contribution in [0.2, 0.25) is 0 Å². The third-order valence-electron chi connectivity index (χ3n) is 5.30. The van der Waals surface area contributed by atoms with E-state index in [1.165, 1.54) is 44.2 Å². The second-order valence-electron chi connectivity index (χ2n) is 7.04. The molecule has 0 saturated heterocycles. The smallest absolute Gasteiger partial charge is 0.0733 e. The van der Waals surface area contributed by atoms with Gasteiger partial charge < -0.3 is 4.57 Å². The number of para-hydroxylation sites is 2. The monoisotopic (exact) mass is 348 g/mol. The number of nitrogens with zero attached hydrogens (tertiary/aromatic N) is 2. The molecule has 0 atom stereocenters. The molecule has 2 heterocycles. The third-order valence-corrected chi connectivity index (χ3v) is 5.30. The van der Waals surface area contributed by atoms with Crippen LogP contribution in [0.15, 0.2) is 85.1 Å². The molecule has 0 fully saturated rings. The summed E-state index contributed by atoms with van der Waals surface area (Å²) in [5.74, 6) is 0. The van der Waals surface area contributed by atoms with Crippen LogP contribution < -0.4 is 0 Å². The molecular formula is C25H20N2. The average molecular weight is 348 g/mol. The van der Waals surface area contributed by atoms with Crippen molar-refractivity contribution in [2.24, 2.45) is 0 Å². The third kappa shape index (κ3) is 2.45. The zero-order valence-corrected chi connectivity index (χ0v) is 15.5. The van der Waals surface area contributed by atoms with Gasteiger partial charge in [0.25, 0.3) is 0 Å². The first kappa shape index (κ1) is 15.8. The van der Waals surface area contributed by atoms with Gasteiger partial charge >= 0.3 is 0 Å². The molecule has 0 amide bonds. The van der Waals surface area contributed by atoms with E-state index < -0.39 is 0 Å². The largest absolute Gasteiger partial charge is 0.309 e. The Hall–Kier alpha value is -3.39. The molecule has 0 unspecified atom stereocenters. The van der Waals surface area contributed by atoms with Gasteiger partial charge in [-0.15, -0.1) is 0 Å². The summed E-state index contributed by atoms with van der Waals surface area (Å²) in [6.45, 7) is 4.30. The Morgan fingerprint density at radius 2 is 1.44 bits per heavy atom. The molecule has 0 aliphatic carbocycles. The fraction of sp³-hybridized carbons (Fsp3) is 0.0800. The molecule has 0 spiro atoms. The number of benzene rings is 3. The zero-order chi connectivity index (χ0) is 18.4. The highest BCUT2D eigenvalue weighted by Gasteiger charge is 2.15. The lowest BCUT2D eigenvalue weighted by molar-refractivity contribution is 1.18. The maximum atomic E-state index is 4.65. The minimum Gasteiger partial charge on any atom is -0.309 e. The summed E-state index contributed by atoms with van der Waals surface area (Å²) < 4.78 is 2.35. The Labute approximate surface area is 158 Å². The molecule has 0 saturated carbocycles. The second-order valence-corrected chi connectivity index (χ2v) is 7.04. The first-order valence-corrected chi connectivity index (χ1v) is 9.25. The van der Waals surface area contributed by atoms with Crippen LogP contribution >= 0.6 is 0 Å². The SMILES string of the molecule is Cc1cc2c(cc1-c1ncccc1C)c1ccccc1n2-c1ccccc1. The first-order chi connectivity index (χ1) is 13.2. The summed E-state index contributed by atoms with van der Waals surface area (Å²) in [5.41, 5.74) is 8.36. The van der Waals surface area contributed by atoms with Crippen molar-refractivity contribution in [3.8, 4) is 16.9 Å². The van der Waals surface area contributed by atoms with E-state index in [1.54, 1.807) is 0 Å². The molecule has 5 aromatic rings. The van der Waals surface area contributed by atoms with Crippen molar-refractivity contribution >= 4 is 21.8 Å². The molecule has 0 N–H and O–H groups in total. The van der Waals surface area contributed by atoms with Crippen molar-refractivity contribution in [3.63, 3.8) is 0 Å². The molecule has 2 aromatic heterocycles. The van der Waals surface area contributed by atoms with Crippen molar-refractivity contribution < 1.29 is 0 Å². The summed E-state index contributed by atoms with van der Waals surface area (Å²) >= 11 is 0. The maximum Gasteiger partial charge on any atom is 0.0733 e. The lowest BCUT2D eigenvalue weighted by Crippen LogP contribution is -1.95. The van der Waals surface area contributed by atoms with Crippen LogP contribution in [0.5, 0.6) is 0 Å². The minimum atomic E-state index is 1.06. The van der Waals surface area contributed by atoms with Crippen molar-refractivity contribution in [1.29, 1.82) is 0 Å². The van der Waals surface area contributed by atoms with E-state index in [9.17, 15) is 0 Å². The van der Waals surface area contributed by atoms with Gasteiger partial charge in [0, 0.05) is 28.2 Å². The van der Waals surface area contributed by atoms with Crippen LogP contribution in [0, 0.1) is 13.8 Å². The van der Waals surface area contributed by atoms with Gasteiger partial charge in [-0.3, -0.25) is 4.98 Å². The van der Waals surface area contributed by atoms with Crippen molar-refractivity contribution in [3.05, 3.63) is 96.2 Å². The summed E-state index contributed by atoms with van der Waals surface area (Å²) in [6.07, 6.45) is 1.87. The summed E-state index contributed by atoms with van der Waals surface area (Å²) in [6, 6.07) is 27.9. The fourth-order valence-corrected chi connectivity index (χ4v) is 4.00. The van der Waals surface area contributed by atoms with E-state index in [-0.39, 0.29) is 0 Å². The van der Waals surface area contributed by atoms with Gasteiger partial charge in [-0.25, -0.2) is 0 Å². The van der Waals surface area contributed by atoms with Crippen molar-refractivity contribution in [2.45, 2.75) is 13.8 Å². The van der Waals surface area contributed by atoms with E-state index in [4.69, 9.17) is 0 Å². The van der Waals surface area contributed by atoms with Crippen molar-refractivity contribution in [1.82, 2.24) is 9.55 Å². The second kappa shape index (κ2) is 6.10. The van der Waals surface area contributed by atoms with E-state index in [2.05, 4.69) is 96.2 Å². The molecule has 2 nitrogen and oxygen atoms in total. The van der Waals surface area contributed by atoms with E-state index in [1.807, 2.05) is 12.3 Å². The Morgan fingerprint density at radius 3 is 2.26 bits per heavy atom. The number of hydrogen-bond acceptors (Lipinski definition) is 1. The van der Waals surface area contributed by atoms with Crippen LogP contribution in [-0.2, 0) is 0 Å². The van der Waals surface area contributed by atoms with Crippen LogP contribution in [0.3, 0.4) is 0 Å². The quantitative estimate of drug-likeness (QED) is 0.358. The highest BCUT2D eigenvalue weighted by atomic mass is 15.0. The molecule has 0 bridgehead atoms. The van der Waals surface area contributed by atoms with Gasteiger partial charge in [-0.2, -0.15) is 0 Å². The average Bonchev–Trinajstić information content (AvgIpc) is 3.02. The minimum absolute atomic E-state index is 1.06. The Balaban J connectivity index is 1.90. The Bertz CT molecular complexity index is 1280. The predicted octanol–water partition coefficient (Wildman–Crippen LogP) is 6.46. The van der Waals surface area contributed by atoms with Gasteiger partial charge in [0.15, 0.2) is 0 Å². The van der Waals surface area contributed by atoms with Crippen LogP contribution in [0.4, 0.5) is 0 Å². The Morgan fingerprint density at radius 1 is 0.667 bits per heavy atom. The molecule has 130 valence electrons. The van der Waals surface area contributed by atoms with Crippen LogP contribution in [0.25, 0.3) is 38.8 Å². The molecule has 0 aliphatic rings. The molecule has 2 heteroatoms. The first-order valence-electron chi connectivity index (χ1n) is 9.25. The molecule has 5 rings (SSSR count). The molecule has 0 aliphatic heterocycles. The topological polar surface area (TPSA) is 17.8 Å². The fourth-order valence-electron chi connectivity index (χ4n) is 4.00. The molecule has 3 aromatic carbocycles. The number of aryl methyl sites for hydroxylation is 2. The molecular weight excluding hydrogens is 328 g/mol. The standard InChI is InChI=1S/C25H20N2/c1-17-9-8-14-26-25(17)21-16-22-20-12-6-7-13-23(20)27(24(22)15-18(21)2)19-10-4-3-5-11-19/h3-16H,1-2H3. The maximum absolute atomic E-state index is 4.65. The predicted molar refractivity (Wildman–Crippen MR) is 113 cm³/mol. The highest BCUT2D eigenvalue weighted by Crippen LogP contribution is 2.36. The van der Waals surface area contributed by atoms with Crippen molar-refractivity contribution in [2.75, 3.05) is 0 Å². The summed E-state index contributed by atoms with van der Waals surface area (Å²) in [7, 11) is 0. The summed E-state index contributed by atoms with van der Waals surface area (Å²) in [4.78, 5) is 4.65. The molecule has 0 radical (unpaired) electrons. The summed E-state index contributed by atoms with van der Waals surface area (Å²) in [5, 5.41) is 2.53. The lowest BCUT2D eigenvalue weighted by atomic mass is 9.99. The lowest BCUT2D eigenvalue weighted by Gasteiger charge is -2.11.